The van der Waals surface area contributed by atoms with Gasteiger partial charge in [-0.15, -0.1) is 0 Å². The van der Waals surface area contributed by atoms with Gasteiger partial charge < -0.3 is 9.80 Å². The first-order valence-corrected chi connectivity index (χ1v) is 6.03. The van der Waals surface area contributed by atoms with Crippen molar-refractivity contribution in [3.63, 3.8) is 0 Å². The van der Waals surface area contributed by atoms with Gasteiger partial charge >= 0.3 is 0 Å². The molecule has 0 radical (unpaired) electrons. The molecule has 0 amide bonds. The topological polar surface area (TPSA) is 114 Å². The average molecular weight is 278 g/mol. The van der Waals surface area contributed by atoms with Crippen molar-refractivity contribution in [2.75, 3.05) is 44.6 Å². The summed E-state index contributed by atoms with van der Waals surface area (Å²) in [6.45, 7) is 1.66. The quantitative estimate of drug-likeness (QED) is 0.493. The van der Waals surface area contributed by atoms with Crippen molar-refractivity contribution in [2.24, 2.45) is 5.84 Å². The lowest BCUT2D eigenvalue weighted by molar-refractivity contribution is 0.415. The van der Waals surface area contributed by atoms with Gasteiger partial charge in [-0.05, 0) is 14.1 Å². The Balaban J connectivity index is 2.26. The van der Waals surface area contributed by atoms with Crippen LogP contribution < -0.4 is 16.2 Å². The Morgan fingerprint density at radius 3 is 2.60 bits per heavy atom. The van der Waals surface area contributed by atoms with E-state index in [2.05, 4.69) is 35.4 Å². The summed E-state index contributed by atoms with van der Waals surface area (Å²) in [6, 6.07) is 0. The van der Waals surface area contributed by atoms with Crippen molar-refractivity contribution in [3.8, 4) is 5.95 Å². The lowest BCUT2D eigenvalue weighted by atomic mass is 10.5. The summed E-state index contributed by atoms with van der Waals surface area (Å²) >= 11 is 0. The molecule has 108 valence electrons. The summed E-state index contributed by atoms with van der Waals surface area (Å²) in [5.74, 6) is 6.54. The maximum absolute atomic E-state index is 5.39. The standard InChI is InChI=1S/C10H18N10/c1-18(2)4-5-19(3)9-14-8(17-11)15-10(16-9)20-7-12-6-13-20/h6-7H,4-5,11H2,1-3H3,(H,14,15,16,17). The van der Waals surface area contributed by atoms with E-state index in [4.69, 9.17) is 5.84 Å². The number of nitrogens with zero attached hydrogens (tertiary/aromatic N) is 8. The maximum atomic E-state index is 5.39. The average Bonchev–Trinajstić information content (AvgIpc) is 2.98. The van der Waals surface area contributed by atoms with E-state index in [-0.39, 0.29) is 5.95 Å². The number of nitrogen functional groups attached to an aromatic ring is 1. The van der Waals surface area contributed by atoms with Gasteiger partial charge in [0.2, 0.25) is 11.9 Å². The molecule has 2 aromatic heterocycles. The van der Waals surface area contributed by atoms with Crippen molar-refractivity contribution < 1.29 is 0 Å². The highest BCUT2D eigenvalue weighted by atomic mass is 15.4. The first-order chi connectivity index (χ1) is 9.60. The highest BCUT2D eigenvalue weighted by Crippen LogP contribution is 2.10. The van der Waals surface area contributed by atoms with Gasteiger partial charge in [-0.1, -0.05) is 0 Å². The molecule has 2 aromatic rings. The molecule has 20 heavy (non-hydrogen) atoms. The minimum Gasteiger partial charge on any atom is -0.342 e. The number of aromatic nitrogens is 6. The van der Waals surface area contributed by atoms with Crippen LogP contribution in [0.3, 0.4) is 0 Å². The minimum absolute atomic E-state index is 0.275. The van der Waals surface area contributed by atoms with Gasteiger partial charge in [-0.3, -0.25) is 5.43 Å². The molecule has 0 aromatic carbocycles. The Bertz CT molecular complexity index is 537. The van der Waals surface area contributed by atoms with Crippen LogP contribution in [0, 0.1) is 0 Å². The number of likely N-dealkylation sites (N-methyl/N-ethyl adjacent to an activating group) is 2. The van der Waals surface area contributed by atoms with Crippen LogP contribution in [0.25, 0.3) is 5.95 Å². The van der Waals surface area contributed by atoms with Gasteiger partial charge in [0.1, 0.15) is 12.7 Å². The summed E-state index contributed by atoms with van der Waals surface area (Å²) in [7, 11) is 5.92. The van der Waals surface area contributed by atoms with Crippen molar-refractivity contribution in [1.29, 1.82) is 0 Å². The molecule has 2 heterocycles. The summed E-state index contributed by atoms with van der Waals surface area (Å²) in [4.78, 5) is 20.6. The predicted octanol–water partition coefficient (Wildman–Crippen LogP) is -1.26. The molecule has 0 spiro atoms. The molecular weight excluding hydrogens is 260 g/mol. The fourth-order valence-corrected chi connectivity index (χ4v) is 1.45. The molecule has 2 rings (SSSR count). The van der Waals surface area contributed by atoms with Crippen LogP contribution >= 0.6 is 0 Å². The van der Waals surface area contributed by atoms with Crippen molar-refractivity contribution >= 4 is 11.9 Å². The normalized spacial score (nSPS) is 10.8. The highest BCUT2D eigenvalue weighted by Gasteiger charge is 2.11. The number of hydrazine groups is 1. The highest BCUT2D eigenvalue weighted by molar-refractivity contribution is 5.38. The van der Waals surface area contributed by atoms with Gasteiger partial charge in [0.15, 0.2) is 0 Å². The fourth-order valence-electron chi connectivity index (χ4n) is 1.45. The van der Waals surface area contributed by atoms with Crippen LogP contribution in [0.2, 0.25) is 0 Å². The second-order valence-corrected chi connectivity index (χ2v) is 4.47. The zero-order valence-corrected chi connectivity index (χ0v) is 11.7. The van der Waals surface area contributed by atoms with E-state index >= 15 is 0 Å². The van der Waals surface area contributed by atoms with Gasteiger partial charge in [0.05, 0.1) is 0 Å². The number of nitrogens with one attached hydrogen (secondary N) is 1. The molecule has 0 aliphatic carbocycles. The predicted molar refractivity (Wildman–Crippen MR) is 74.4 cm³/mol. The lowest BCUT2D eigenvalue weighted by Gasteiger charge is -2.20. The van der Waals surface area contributed by atoms with E-state index in [1.807, 2.05) is 26.0 Å². The Labute approximate surface area is 116 Å². The smallest absolute Gasteiger partial charge is 0.258 e. The third-order valence-corrected chi connectivity index (χ3v) is 2.59. The van der Waals surface area contributed by atoms with Gasteiger partial charge in [0, 0.05) is 20.1 Å². The number of nitrogens with two attached hydrogens (primary N) is 1. The second-order valence-electron chi connectivity index (χ2n) is 4.47. The van der Waals surface area contributed by atoms with E-state index < -0.39 is 0 Å². The van der Waals surface area contributed by atoms with Gasteiger partial charge in [0.25, 0.3) is 5.95 Å². The van der Waals surface area contributed by atoms with Crippen molar-refractivity contribution in [2.45, 2.75) is 0 Å². The van der Waals surface area contributed by atoms with Crippen molar-refractivity contribution in [1.82, 2.24) is 34.6 Å². The number of rotatable bonds is 6. The summed E-state index contributed by atoms with van der Waals surface area (Å²) < 4.78 is 1.45. The third-order valence-electron chi connectivity index (χ3n) is 2.59. The largest absolute Gasteiger partial charge is 0.342 e. The molecular formula is C10H18N10. The SMILES string of the molecule is CN(C)CCN(C)c1nc(NN)nc(-n2cncn2)n1. The molecule has 0 aliphatic rings. The second kappa shape index (κ2) is 6.21. The molecule has 0 fully saturated rings. The third kappa shape index (κ3) is 3.36. The van der Waals surface area contributed by atoms with E-state index in [1.54, 1.807) is 0 Å². The maximum Gasteiger partial charge on any atom is 0.258 e. The van der Waals surface area contributed by atoms with E-state index in [1.165, 1.54) is 17.3 Å². The van der Waals surface area contributed by atoms with Crippen LogP contribution in [-0.2, 0) is 0 Å². The van der Waals surface area contributed by atoms with Crippen LogP contribution in [0.1, 0.15) is 0 Å². The Kier molecular flexibility index (Phi) is 4.38. The molecule has 0 atom stereocenters. The molecule has 0 aliphatic heterocycles. The Morgan fingerprint density at radius 1 is 1.20 bits per heavy atom. The number of hydrogen-bond donors (Lipinski definition) is 2. The first-order valence-electron chi connectivity index (χ1n) is 6.03. The van der Waals surface area contributed by atoms with Crippen LogP contribution in [-0.4, -0.2) is 68.8 Å². The van der Waals surface area contributed by atoms with Crippen LogP contribution in [0.5, 0.6) is 0 Å². The molecule has 10 nitrogen and oxygen atoms in total. The van der Waals surface area contributed by atoms with E-state index in [9.17, 15) is 0 Å². The number of anilines is 2. The molecule has 0 bridgehead atoms. The lowest BCUT2D eigenvalue weighted by Crippen LogP contribution is -2.30. The molecule has 0 saturated carbocycles. The van der Waals surface area contributed by atoms with Crippen LogP contribution in [0.4, 0.5) is 11.9 Å². The van der Waals surface area contributed by atoms with Gasteiger partial charge in [-0.2, -0.15) is 24.7 Å². The minimum atomic E-state index is 0.275. The van der Waals surface area contributed by atoms with Crippen LogP contribution in [0.15, 0.2) is 12.7 Å². The van der Waals surface area contributed by atoms with Crippen molar-refractivity contribution in [3.05, 3.63) is 12.7 Å². The van der Waals surface area contributed by atoms with E-state index in [0.29, 0.717) is 11.9 Å². The van der Waals surface area contributed by atoms with E-state index in [0.717, 1.165) is 13.1 Å². The summed E-state index contributed by atoms with van der Waals surface area (Å²) in [5, 5.41) is 3.99. The molecule has 3 N–H and O–H groups in total. The first kappa shape index (κ1) is 14.1. The molecule has 0 unspecified atom stereocenters. The zero-order valence-electron chi connectivity index (χ0n) is 11.7. The summed E-state index contributed by atoms with van der Waals surface area (Å²) in [5.41, 5.74) is 2.43. The van der Waals surface area contributed by atoms with Gasteiger partial charge in [-0.25, -0.2) is 10.8 Å². The molecule has 0 saturated heterocycles. The zero-order chi connectivity index (χ0) is 14.5. The monoisotopic (exact) mass is 278 g/mol. The molecule has 10 heteroatoms. The Hall–Kier alpha value is -2.33. The fraction of sp³-hybridized carbons (Fsp3) is 0.500. The Morgan fingerprint density at radius 2 is 2.00 bits per heavy atom. The number of hydrogen-bond acceptors (Lipinski definition) is 9. The summed E-state index contributed by atoms with van der Waals surface area (Å²) in [6.07, 6.45) is 2.92.